The van der Waals surface area contributed by atoms with Crippen molar-refractivity contribution in [2.45, 2.75) is 6.18 Å². The molecule has 1 aromatic heterocycles. The summed E-state index contributed by atoms with van der Waals surface area (Å²) in [5, 5.41) is 5.44. The Kier molecular flexibility index (Phi) is 6.28. The lowest BCUT2D eigenvalue weighted by atomic mass is 10.2. The second kappa shape index (κ2) is 8.90. The van der Waals surface area contributed by atoms with Crippen LogP contribution < -0.4 is 24.8 Å². The number of hydrogen-bond acceptors (Lipinski definition) is 8. The second-order valence-electron chi connectivity index (χ2n) is 6.02. The van der Waals surface area contributed by atoms with Gasteiger partial charge in [0, 0.05) is 23.5 Å². The highest BCUT2D eigenvalue weighted by molar-refractivity contribution is 5.66. The Morgan fingerprint density at radius 2 is 1.32 bits per heavy atom. The molecule has 0 atom stereocenters. The minimum Gasteiger partial charge on any atom is -0.493 e. The first-order valence-corrected chi connectivity index (χ1v) is 8.64. The van der Waals surface area contributed by atoms with E-state index in [1.165, 1.54) is 21.3 Å². The van der Waals surface area contributed by atoms with Crippen LogP contribution in [-0.4, -0.2) is 36.3 Å². The van der Waals surface area contributed by atoms with Gasteiger partial charge < -0.3 is 24.8 Å². The van der Waals surface area contributed by atoms with Crippen LogP contribution in [0.2, 0.25) is 0 Å². The molecule has 1 heterocycles. The van der Waals surface area contributed by atoms with Crippen molar-refractivity contribution < 1.29 is 31.8 Å². The number of nitrogens with zero attached hydrogens (tertiary/aromatic N) is 3. The maximum absolute atomic E-state index is 13.6. The average molecular weight is 439 g/mol. The highest BCUT2D eigenvalue weighted by Crippen LogP contribution is 2.40. The van der Waals surface area contributed by atoms with E-state index in [4.69, 9.17) is 14.2 Å². The minimum absolute atomic E-state index is 0.0687. The molecule has 0 amide bonds. The summed E-state index contributed by atoms with van der Waals surface area (Å²) < 4.78 is 68.1. The number of anilines is 4. The topological polar surface area (TPSA) is 90.4 Å². The molecule has 3 aromatic rings. The highest BCUT2D eigenvalue weighted by Gasteiger charge is 2.31. The second-order valence-corrected chi connectivity index (χ2v) is 6.02. The van der Waals surface area contributed by atoms with Crippen LogP contribution >= 0.6 is 0 Å². The zero-order valence-electron chi connectivity index (χ0n) is 16.5. The molecule has 0 spiro atoms. The van der Waals surface area contributed by atoms with Gasteiger partial charge in [-0.1, -0.05) is 0 Å². The highest BCUT2D eigenvalue weighted by atomic mass is 19.4. The fourth-order valence-corrected chi connectivity index (χ4v) is 2.65. The maximum atomic E-state index is 13.6. The lowest BCUT2D eigenvalue weighted by Gasteiger charge is -2.15. The first-order chi connectivity index (χ1) is 14.7. The number of ether oxygens (including phenoxy) is 3. The fourth-order valence-electron chi connectivity index (χ4n) is 2.65. The summed E-state index contributed by atoms with van der Waals surface area (Å²) in [6.45, 7) is 0. The number of benzene rings is 2. The molecule has 164 valence electrons. The quantitative estimate of drug-likeness (QED) is 0.519. The Bertz CT molecular complexity index is 1050. The fraction of sp³-hybridized carbons (Fsp3) is 0.211. The Morgan fingerprint density at radius 3 is 1.81 bits per heavy atom. The Morgan fingerprint density at radius 1 is 0.774 bits per heavy atom. The number of hydrogen-bond donors (Lipinski definition) is 2. The molecule has 0 bridgehead atoms. The number of rotatable bonds is 7. The monoisotopic (exact) mass is 439 g/mol. The molecule has 31 heavy (non-hydrogen) atoms. The van der Waals surface area contributed by atoms with Crippen molar-refractivity contribution in [1.29, 1.82) is 0 Å². The molecule has 2 N–H and O–H groups in total. The largest absolute Gasteiger partial charge is 0.493 e. The number of alkyl halides is 3. The van der Waals surface area contributed by atoms with Crippen LogP contribution in [0.5, 0.6) is 17.2 Å². The molecule has 0 fully saturated rings. The van der Waals surface area contributed by atoms with Gasteiger partial charge in [0.05, 0.1) is 26.9 Å². The van der Waals surface area contributed by atoms with Crippen LogP contribution in [0.3, 0.4) is 0 Å². The molecule has 8 nitrogen and oxygen atoms in total. The summed E-state index contributed by atoms with van der Waals surface area (Å²) in [5.74, 6) is 0.0811. The standard InChI is InChI=1S/C19H17F4N5O3/c1-29-14-7-13(8-15(30-2)16(14)31-3)27-18-25-9-24-17(28-18)26-12-5-10(19(21,22)23)4-11(20)6-12/h4-9H,1-3H3,(H2,24,25,26,27,28). The molecular formula is C19H17F4N5O3. The normalized spacial score (nSPS) is 11.1. The van der Waals surface area contributed by atoms with Gasteiger partial charge in [0.15, 0.2) is 11.5 Å². The number of aromatic nitrogens is 3. The molecule has 3 rings (SSSR count). The van der Waals surface area contributed by atoms with E-state index >= 15 is 0 Å². The molecule has 0 saturated heterocycles. The molecule has 0 aliphatic rings. The van der Waals surface area contributed by atoms with Gasteiger partial charge in [-0.3, -0.25) is 0 Å². The van der Waals surface area contributed by atoms with E-state index in [-0.39, 0.29) is 17.6 Å². The average Bonchev–Trinajstić information content (AvgIpc) is 2.72. The van der Waals surface area contributed by atoms with Crippen molar-refractivity contribution in [3.63, 3.8) is 0 Å². The van der Waals surface area contributed by atoms with Crippen LogP contribution in [0.4, 0.5) is 40.8 Å². The SMILES string of the molecule is COc1cc(Nc2ncnc(Nc3cc(F)cc(C(F)(F)F)c3)n2)cc(OC)c1OC. The molecule has 0 radical (unpaired) electrons. The Balaban J connectivity index is 1.86. The molecule has 0 aliphatic heterocycles. The van der Waals surface area contributed by atoms with E-state index < -0.39 is 17.6 Å². The van der Waals surface area contributed by atoms with Crippen molar-refractivity contribution in [1.82, 2.24) is 15.0 Å². The van der Waals surface area contributed by atoms with Gasteiger partial charge in [-0.05, 0) is 18.2 Å². The predicted molar refractivity (Wildman–Crippen MR) is 104 cm³/mol. The van der Waals surface area contributed by atoms with Crippen LogP contribution in [0, 0.1) is 5.82 Å². The minimum atomic E-state index is -4.70. The van der Waals surface area contributed by atoms with Crippen molar-refractivity contribution in [2.75, 3.05) is 32.0 Å². The molecule has 0 aliphatic carbocycles. The lowest BCUT2D eigenvalue weighted by Crippen LogP contribution is -2.07. The number of nitrogens with one attached hydrogen (secondary N) is 2. The smallest absolute Gasteiger partial charge is 0.416 e. The van der Waals surface area contributed by atoms with Crippen LogP contribution in [-0.2, 0) is 6.18 Å². The van der Waals surface area contributed by atoms with Gasteiger partial charge >= 0.3 is 6.18 Å². The molecule has 12 heteroatoms. The van der Waals surface area contributed by atoms with Gasteiger partial charge in [0.25, 0.3) is 0 Å². The number of methoxy groups -OCH3 is 3. The summed E-state index contributed by atoms with van der Waals surface area (Å²) in [6.07, 6.45) is -3.56. The first kappa shape index (κ1) is 21.9. The van der Waals surface area contributed by atoms with E-state index in [2.05, 4.69) is 25.6 Å². The number of halogens is 4. The van der Waals surface area contributed by atoms with Crippen molar-refractivity contribution in [3.05, 3.63) is 48.0 Å². The third kappa shape index (κ3) is 5.21. The molecule has 0 unspecified atom stereocenters. The summed E-state index contributed by atoms with van der Waals surface area (Å²) in [6, 6.07) is 5.27. The van der Waals surface area contributed by atoms with Gasteiger partial charge in [-0.2, -0.15) is 18.2 Å². The van der Waals surface area contributed by atoms with E-state index in [1.54, 1.807) is 12.1 Å². The van der Waals surface area contributed by atoms with Crippen molar-refractivity contribution >= 4 is 23.3 Å². The third-order valence-electron chi connectivity index (χ3n) is 3.97. The first-order valence-electron chi connectivity index (χ1n) is 8.64. The van der Waals surface area contributed by atoms with Gasteiger partial charge in [-0.25, -0.2) is 14.4 Å². The van der Waals surface area contributed by atoms with Crippen molar-refractivity contribution in [2.24, 2.45) is 0 Å². The van der Waals surface area contributed by atoms with E-state index in [9.17, 15) is 17.6 Å². The maximum Gasteiger partial charge on any atom is 0.416 e. The third-order valence-corrected chi connectivity index (χ3v) is 3.97. The summed E-state index contributed by atoms with van der Waals surface area (Å²) in [4.78, 5) is 11.9. The molecular weight excluding hydrogens is 422 g/mol. The Labute approximate surface area is 174 Å². The predicted octanol–water partition coefficient (Wildman–Crippen LogP) is 4.54. The van der Waals surface area contributed by atoms with Crippen LogP contribution in [0.15, 0.2) is 36.7 Å². The summed E-state index contributed by atoms with van der Waals surface area (Å²) >= 11 is 0. The van der Waals surface area contributed by atoms with E-state index in [1.807, 2.05) is 0 Å². The Hall–Kier alpha value is -3.83. The molecule has 2 aromatic carbocycles. The van der Waals surface area contributed by atoms with Gasteiger partial charge in [0.1, 0.15) is 12.1 Å². The van der Waals surface area contributed by atoms with Crippen LogP contribution in [0.1, 0.15) is 5.56 Å². The molecule has 0 saturated carbocycles. The zero-order chi connectivity index (χ0) is 22.6. The van der Waals surface area contributed by atoms with E-state index in [0.717, 1.165) is 18.5 Å². The van der Waals surface area contributed by atoms with E-state index in [0.29, 0.717) is 29.0 Å². The lowest BCUT2D eigenvalue weighted by molar-refractivity contribution is -0.137. The van der Waals surface area contributed by atoms with Gasteiger partial charge in [0.2, 0.25) is 17.6 Å². The van der Waals surface area contributed by atoms with Gasteiger partial charge in [-0.15, -0.1) is 0 Å². The van der Waals surface area contributed by atoms with Crippen LogP contribution in [0.25, 0.3) is 0 Å². The summed E-state index contributed by atoms with van der Waals surface area (Å²) in [7, 11) is 4.38. The zero-order valence-corrected chi connectivity index (χ0v) is 16.5. The summed E-state index contributed by atoms with van der Waals surface area (Å²) in [5.41, 5.74) is -0.825. The van der Waals surface area contributed by atoms with Crippen molar-refractivity contribution in [3.8, 4) is 17.2 Å².